The molecular weight excluding hydrogens is 356 g/mol. The molecule has 0 spiro atoms. The van der Waals surface area contributed by atoms with Crippen LogP contribution >= 0.6 is 11.6 Å². The average molecular weight is 371 g/mol. The van der Waals surface area contributed by atoms with Crippen LogP contribution in [0.25, 0.3) is 10.9 Å². The minimum absolute atomic E-state index is 0.170. The lowest BCUT2D eigenvalue weighted by Crippen LogP contribution is -2.09. The maximum Gasteiger partial charge on any atom is 0.341 e. The second-order valence-electron chi connectivity index (χ2n) is 5.44. The second-order valence-corrected chi connectivity index (χ2v) is 5.87. The van der Waals surface area contributed by atoms with E-state index in [4.69, 9.17) is 21.4 Å². The molecule has 2 aromatic carbocycles. The topological polar surface area (TPSA) is 88.5 Å². The van der Waals surface area contributed by atoms with Crippen LogP contribution in [-0.2, 0) is 4.74 Å². The number of halogens is 1. The van der Waals surface area contributed by atoms with Crippen molar-refractivity contribution in [1.29, 1.82) is 0 Å². The van der Waals surface area contributed by atoms with Gasteiger partial charge in [0.2, 0.25) is 0 Å². The van der Waals surface area contributed by atoms with E-state index >= 15 is 0 Å². The van der Waals surface area contributed by atoms with E-state index in [0.717, 1.165) is 0 Å². The maximum absolute atomic E-state index is 12.3. The average Bonchev–Trinajstić information content (AvgIpc) is 2.62. The standard InChI is InChI=1S/C19H15ClN2O4/c1-2-26-19(25)15-10-21-16-8-5-12(20)9-14(16)17(15)22-13-6-3-11(4-7-13)18(23)24/h3-10H,2H2,1H3,(H,21,22)(H,23,24). The zero-order chi connectivity index (χ0) is 18.7. The number of carboxylic acid groups (broad SMARTS) is 1. The van der Waals surface area contributed by atoms with Gasteiger partial charge < -0.3 is 15.2 Å². The summed E-state index contributed by atoms with van der Waals surface area (Å²) in [5.74, 6) is -1.52. The van der Waals surface area contributed by atoms with Gasteiger partial charge >= 0.3 is 11.9 Å². The van der Waals surface area contributed by atoms with Crippen molar-refractivity contribution in [3.63, 3.8) is 0 Å². The maximum atomic E-state index is 12.3. The van der Waals surface area contributed by atoms with Gasteiger partial charge in [0.1, 0.15) is 5.56 Å². The van der Waals surface area contributed by atoms with E-state index in [1.807, 2.05) is 0 Å². The first-order chi connectivity index (χ1) is 12.5. The molecule has 3 aromatic rings. The van der Waals surface area contributed by atoms with E-state index in [1.54, 1.807) is 37.3 Å². The number of hydrogen-bond acceptors (Lipinski definition) is 5. The van der Waals surface area contributed by atoms with Crippen LogP contribution in [0.2, 0.25) is 5.02 Å². The third kappa shape index (κ3) is 3.60. The van der Waals surface area contributed by atoms with E-state index in [2.05, 4.69) is 10.3 Å². The first-order valence-electron chi connectivity index (χ1n) is 7.85. The van der Waals surface area contributed by atoms with Gasteiger partial charge in [-0.05, 0) is 49.4 Å². The van der Waals surface area contributed by atoms with Crippen molar-refractivity contribution in [3.8, 4) is 0 Å². The van der Waals surface area contributed by atoms with E-state index < -0.39 is 11.9 Å². The molecule has 0 saturated carbocycles. The number of benzene rings is 2. The predicted molar refractivity (Wildman–Crippen MR) is 99.4 cm³/mol. The van der Waals surface area contributed by atoms with Gasteiger partial charge in [-0.3, -0.25) is 4.98 Å². The number of carboxylic acids is 1. The van der Waals surface area contributed by atoms with E-state index in [9.17, 15) is 9.59 Å². The Morgan fingerprint density at radius 3 is 2.58 bits per heavy atom. The van der Waals surface area contributed by atoms with Crippen molar-refractivity contribution >= 4 is 45.8 Å². The van der Waals surface area contributed by atoms with Crippen molar-refractivity contribution in [3.05, 3.63) is 64.8 Å². The van der Waals surface area contributed by atoms with Crippen LogP contribution in [0.4, 0.5) is 11.4 Å². The highest BCUT2D eigenvalue weighted by Gasteiger charge is 2.17. The predicted octanol–water partition coefficient (Wildman–Crippen LogP) is 4.51. The second kappa shape index (κ2) is 7.41. The number of anilines is 2. The minimum Gasteiger partial charge on any atom is -0.478 e. The summed E-state index contributed by atoms with van der Waals surface area (Å²) in [7, 11) is 0. The molecule has 1 heterocycles. The van der Waals surface area contributed by atoms with Gasteiger partial charge in [-0.2, -0.15) is 0 Å². The third-order valence-electron chi connectivity index (χ3n) is 3.73. The first-order valence-corrected chi connectivity index (χ1v) is 8.23. The van der Waals surface area contributed by atoms with E-state index in [0.29, 0.717) is 27.3 Å². The van der Waals surface area contributed by atoms with Gasteiger partial charge in [0.05, 0.1) is 23.4 Å². The highest BCUT2D eigenvalue weighted by atomic mass is 35.5. The molecule has 2 N–H and O–H groups in total. The SMILES string of the molecule is CCOC(=O)c1cnc2ccc(Cl)cc2c1Nc1ccc(C(=O)O)cc1. The number of fused-ring (bicyclic) bond motifs is 1. The quantitative estimate of drug-likeness (QED) is 0.642. The number of carbonyl (C=O) groups excluding carboxylic acids is 1. The Bertz CT molecular complexity index is 987. The highest BCUT2D eigenvalue weighted by Crippen LogP contribution is 2.31. The fourth-order valence-electron chi connectivity index (χ4n) is 2.50. The Morgan fingerprint density at radius 1 is 1.19 bits per heavy atom. The van der Waals surface area contributed by atoms with Crippen molar-refractivity contribution in [2.24, 2.45) is 0 Å². The molecule has 0 aliphatic carbocycles. The first kappa shape index (κ1) is 17.7. The molecule has 26 heavy (non-hydrogen) atoms. The third-order valence-corrected chi connectivity index (χ3v) is 3.96. The Balaban J connectivity index is 2.11. The monoisotopic (exact) mass is 370 g/mol. The van der Waals surface area contributed by atoms with Gasteiger partial charge in [0, 0.05) is 22.3 Å². The van der Waals surface area contributed by atoms with Gasteiger partial charge in [0.25, 0.3) is 0 Å². The fourth-order valence-corrected chi connectivity index (χ4v) is 2.68. The van der Waals surface area contributed by atoms with Crippen LogP contribution in [0.5, 0.6) is 0 Å². The Labute approximate surface area is 154 Å². The number of nitrogens with zero attached hydrogens (tertiary/aromatic N) is 1. The summed E-state index contributed by atoms with van der Waals surface area (Å²) >= 11 is 6.11. The summed E-state index contributed by atoms with van der Waals surface area (Å²) in [6.45, 7) is 1.96. The van der Waals surface area contributed by atoms with Crippen LogP contribution in [0.1, 0.15) is 27.6 Å². The largest absolute Gasteiger partial charge is 0.478 e. The molecule has 0 atom stereocenters. The number of carbonyl (C=O) groups is 2. The Morgan fingerprint density at radius 2 is 1.92 bits per heavy atom. The number of ether oxygens (including phenoxy) is 1. The number of aromatic carboxylic acids is 1. The van der Waals surface area contributed by atoms with Crippen LogP contribution in [0, 0.1) is 0 Å². The number of nitrogens with one attached hydrogen (secondary N) is 1. The summed E-state index contributed by atoms with van der Waals surface area (Å²) in [6, 6.07) is 11.4. The van der Waals surface area contributed by atoms with Crippen LogP contribution in [0.3, 0.4) is 0 Å². The molecule has 0 unspecified atom stereocenters. The molecule has 3 rings (SSSR count). The van der Waals surface area contributed by atoms with Crippen molar-refractivity contribution in [2.75, 3.05) is 11.9 Å². The number of rotatable bonds is 5. The van der Waals surface area contributed by atoms with Gasteiger partial charge in [-0.15, -0.1) is 0 Å². The zero-order valence-corrected chi connectivity index (χ0v) is 14.6. The van der Waals surface area contributed by atoms with Crippen molar-refractivity contribution in [1.82, 2.24) is 4.98 Å². The van der Waals surface area contributed by atoms with Gasteiger partial charge in [-0.25, -0.2) is 9.59 Å². The van der Waals surface area contributed by atoms with Crippen LogP contribution in [0.15, 0.2) is 48.7 Å². The number of aromatic nitrogens is 1. The Hall–Kier alpha value is -3.12. The molecule has 6 nitrogen and oxygen atoms in total. The molecule has 1 aromatic heterocycles. The van der Waals surface area contributed by atoms with E-state index in [1.165, 1.54) is 18.3 Å². The molecule has 0 radical (unpaired) electrons. The van der Waals surface area contributed by atoms with Gasteiger partial charge in [0.15, 0.2) is 0 Å². The van der Waals surface area contributed by atoms with E-state index in [-0.39, 0.29) is 17.7 Å². The summed E-state index contributed by atoms with van der Waals surface area (Å²) in [4.78, 5) is 27.6. The smallest absolute Gasteiger partial charge is 0.341 e. The van der Waals surface area contributed by atoms with Crippen molar-refractivity contribution < 1.29 is 19.4 Å². The number of esters is 1. The summed E-state index contributed by atoms with van der Waals surface area (Å²) in [6.07, 6.45) is 1.45. The molecule has 0 bridgehead atoms. The number of pyridine rings is 1. The van der Waals surface area contributed by atoms with Gasteiger partial charge in [-0.1, -0.05) is 11.6 Å². The lowest BCUT2D eigenvalue weighted by atomic mass is 10.1. The number of hydrogen-bond donors (Lipinski definition) is 2. The molecular formula is C19H15ClN2O4. The molecule has 0 aliphatic heterocycles. The normalized spacial score (nSPS) is 10.5. The molecule has 0 fully saturated rings. The van der Waals surface area contributed by atoms with Crippen molar-refractivity contribution in [2.45, 2.75) is 6.92 Å². The fraction of sp³-hybridized carbons (Fsp3) is 0.105. The lowest BCUT2D eigenvalue weighted by molar-refractivity contribution is 0.0526. The summed E-state index contributed by atoms with van der Waals surface area (Å²) in [5.41, 5.74) is 2.21. The van der Waals surface area contributed by atoms with Crippen LogP contribution in [-0.4, -0.2) is 28.6 Å². The molecule has 132 valence electrons. The molecule has 0 amide bonds. The Kier molecular flexibility index (Phi) is 5.04. The summed E-state index contributed by atoms with van der Waals surface area (Å²) < 4.78 is 5.11. The molecule has 7 heteroatoms. The molecule has 0 aliphatic rings. The minimum atomic E-state index is -1.01. The summed E-state index contributed by atoms with van der Waals surface area (Å²) in [5, 5.41) is 13.3. The zero-order valence-electron chi connectivity index (χ0n) is 13.8. The van der Waals surface area contributed by atoms with Crippen LogP contribution < -0.4 is 5.32 Å². The molecule has 0 saturated heterocycles. The lowest BCUT2D eigenvalue weighted by Gasteiger charge is -2.14. The highest BCUT2D eigenvalue weighted by molar-refractivity contribution is 6.31.